The molecule has 1 heterocycles. The Balaban J connectivity index is 2.28. The van der Waals surface area contributed by atoms with Gasteiger partial charge in [0, 0.05) is 24.2 Å². The highest BCUT2D eigenvalue weighted by atomic mass is 16.7. The number of carboxylic acid groups (broad SMARTS) is 1. The molecule has 0 unspecified atom stereocenters. The minimum Gasteiger partial charge on any atom is -0.481 e. The molecule has 0 aromatic heterocycles. The first-order valence-electron chi connectivity index (χ1n) is 10.1. The van der Waals surface area contributed by atoms with E-state index in [1.807, 2.05) is 13.8 Å². The van der Waals surface area contributed by atoms with Crippen LogP contribution in [0, 0.1) is 23.2 Å². The van der Waals surface area contributed by atoms with Crippen molar-refractivity contribution in [2.75, 3.05) is 6.61 Å². The van der Waals surface area contributed by atoms with E-state index in [2.05, 4.69) is 0 Å². The average molecular weight is 390 g/mol. The number of hydrogen-bond acceptors (Lipinski definition) is 5. The van der Waals surface area contributed by atoms with Crippen LogP contribution < -0.4 is 0 Å². The van der Waals surface area contributed by atoms with Crippen LogP contribution in [0.15, 0.2) is 22.8 Å². The molecule has 154 valence electrons. The van der Waals surface area contributed by atoms with E-state index in [-0.39, 0.29) is 11.7 Å². The Kier molecular flexibility index (Phi) is 5.30. The van der Waals surface area contributed by atoms with Gasteiger partial charge in [0.25, 0.3) is 0 Å². The number of aliphatic carboxylic acids is 1. The van der Waals surface area contributed by atoms with Crippen molar-refractivity contribution in [3.63, 3.8) is 0 Å². The molecule has 6 heteroatoms. The van der Waals surface area contributed by atoms with Gasteiger partial charge >= 0.3 is 11.9 Å². The summed E-state index contributed by atoms with van der Waals surface area (Å²) in [6.07, 6.45) is 4.23. The third-order valence-electron chi connectivity index (χ3n) is 7.24. The van der Waals surface area contributed by atoms with Crippen LogP contribution in [0.4, 0.5) is 0 Å². The van der Waals surface area contributed by atoms with Crippen molar-refractivity contribution in [2.24, 2.45) is 23.2 Å². The number of carbonyl (C=O) groups is 3. The Bertz CT molecular complexity index is 778. The molecular weight excluding hydrogens is 360 g/mol. The van der Waals surface area contributed by atoms with Crippen LogP contribution in [0.2, 0.25) is 0 Å². The fraction of sp³-hybridized carbons (Fsp3) is 0.682. The summed E-state index contributed by atoms with van der Waals surface area (Å²) in [6, 6.07) is 0. The lowest BCUT2D eigenvalue weighted by atomic mass is 9.47. The van der Waals surface area contributed by atoms with Crippen LogP contribution in [0.1, 0.15) is 60.3 Å². The lowest BCUT2D eigenvalue weighted by Gasteiger charge is -2.57. The maximum absolute atomic E-state index is 13.6. The molecule has 0 spiro atoms. The first kappa shape index (κ1) is 20.8. The van der Waals surface area contributed by atoms with Crippen molar-refractivity contribution in [3.8, 4) is 0 Å². The SMILES string of the molecule is C/C=C(/C)C(=O)[C@H]1C2=C(C)C(=O)O[C@]2(OCC)C[C@H]2CCC[C@H](C(=O)O)[C@]21C. The Labute approximate surface area is 166 Å². The van der Waals surface area contributed by atoms with E-state index in [0.717, 1.165) is 12.8 Å². The third kappa shape index (κ3) is 2.76. The Morgan fingerprint density at radius 2 is 2.04 bits per heavy atom. The van der Waals surface area contributed by atoms with Crippen LogP contribution >= 0.6 is 0 Å². The number of fused-ring (bicyclic) bond motifs is 2. The number of carbonyl (C=O) groups excluding carboxylic acids is 2. The summed E-state index contributed by atoms with van der Waals surface area (Å²) in [5, 5.41) is 9.99. The molecule has 2 aliphatic carbocycles. The maximum Gasteiger partial charge on any atom is 0.336 e. The smallest absolute Gasteiger partial charge is 0.336 e. The fourth-order valence-corrected chi connectivity index (χ4v) is 5.71. The molecule has 28 heavy (non-hydrogen) atoms. The number of Topliss-reactive ketones (excluding diaryl/α,β-unsaturated/α-hetero) is 1. The Morgan fingerprint density at radius 1 is 1.36 bits per heavy atom. The van der Waals surface area contributed by atoms with Gasteiger partial charge in [-0.2, -0.15) is 0 Å². The Hall–Kier alpha value is -1.95. The average Bonchev–Trinajstić information content (AvgIpc) is 2.88. The van der Waals surface area contributed by atoms with Crippen LogP contribution in [0.25, 0.3) is 0 Å². The van der Waals surface area contributed by atoms with Crippen molar-refractivity contribution in [2.45, 2.75) is 66.1 Å². The fourth-order valence-electron chi connectivity index (χ4n) is 5.71. The molecule has 1 aliphatic heterocycles. The van der Waals surface area contributed by atoms with Crippen molar-refractivity contribution in [3.05, 3.63) is 22.8 Å². The summed E-state index contributed by atoms with van der Waals surface area (Å²) in [5.41, 5.74) is 0.686. The molecule has 1 N–H and O–H groups in total. The first-order valence-corrected chi connectivity index (χ1v) is 10.1. The molecule has 2 fully saturated rings. The van der Waals surface area contributed by atoms with E-state index < -0.39 is 35.0 Å². The molecule has 0 aromatic rings. The lowest BCUT2D eigenvalue weighted by Crippen LogP contribution is -2.60. The van der Waals surface area contributed by atoms with Crippen molar-refractivity contribution >= 4 is 17.7 Å². The molecule has 2 saturated carbocycles. The van der Waals surface area contributed by atoms with E-state index >= 15 is 0 Å². The second-order valence-corrected chi connectivity index (χ2v) is 8.47. The van der Waals surface area contributed by atoms with Gasteiger partial charge in [-0.1, -0.05) is 19.4 Å². The summed E-state index contributed by atoms with van der Waals surface area (Å²) in [5.74, 6) is -4.24. The van der Waals surface area contributed by atoms with Crippen molar-refractivity contribution in [1.82, 2.24) is 0 Å². The van der Waals surface area contributed by atoms with E-state index in [1.165, 1.54) is 0 Å². The van der Waals surface area contributed by atoms with Crippen molar-refractivity contribution < 1.29 is 29.0 Å². The number of allylic oxidation sites excluding steroid dienone is 2. The standard InChI is InChI=1S/C22H30O6/c1-6-12(3)18(23)17-16-13(4)20(26)28-22(16,27-7-2)11-14-9-8-10-15(19(24)25)21(14,17)5/h6,14-15,17H,7-11H2,1-5H3,(H,24,25)/b12-6-/t14-,15-,17-,21+,22-/m1/s1. The van der Waals surface area contributed by atoms with Gasteiger partial charge in [0.1, 0.15) is 0 Å². The molecular formula is C22H30O6. The van der Waals surface area contributed by atoms with E-state index in [1.54, 1.807) is 26.8 Å². The molecule has 5 atom stereocenters. The van der Waals surface area contributed by atoms with Gasteiger partial charge in [0.2, 0.25) is 5.79 Å². The highest BCUT2D eigenvalue weighted by Crippen LogP contribution is 2.63. The predicted octanol–water partition coefficient (Wildman–Crippen LogP) is 3.65. The minimum atomic E-state index is -1.26. The van der Waals surface area contributed by atoms with Crippen LogP contribution in [-0.4, -0.2) is 35.2 Å². The lowest BCUT2D eigenvalue weighted by molar-refractivity contribution is -0.235. The molecule has 0 amide bonds. The molecule has 0 radical (unpaired) electrons. The molecule has 3 rings (SSSR count). The zero-order valence-electron chi connectivity index (χ0n) is 17.3. The van der Waals surface area contributed by atoms with Crippen molar-refractivity contribution in [1.29, 1.82) is 0 Å². The number of rotatable bonds is 5. The number of ketones is 1. The van der Waals surface area contributed by atoms with Crippen LogP contribution in [-0.2, 0) is 23.9 Å². The summed E-state index contributed by atoms with van der Waals surface area (Å²) in [7, 11) is 0. The van der Waals surface area contributed by atoms with Gasteiger partial charge in [-0.15, -0.1) is 0 Å². The van der Waals surface area contributed by atoms with E-state index in [0.29, 0.717) is 36.2 Å². The largest absolute Gasteiger partial charge is 0.481 e. The predicted molar refractivity (Wildman–Crippen MR) is 102 cm³/mol. The number of ether oxygens (including phenoxy) is 2. The highest BCUT2D eigenvalue weighted by molar-refractivity contribution is 6.03. The second kappa shape index (κ2) is 7.14. The number of esters is 1. The zero-order valence-corrected chi connectivity index (χ0v) is 17.3. The molecule has 6 nitrogen and oxygen atoms in total. The van der Waals surface area contributed by atoms with Gasteiger partial charge in [0.05, 0.1) is 11.8 Å². The Morgan fingerprint density at radius 3 is 2.61 bits per heavy atom. The van der Waals surface area contributed by atoms with E-state index in [4.69, 9.17) is 9.47 Å². The topological polar surface area (TPSA) is 89.9 Å². The summed E-state index contributed by atoms with van der Waals surface area (Å²) >= 11 is 0. The van der Waals surface area contributed by atoms with Gasteiger partial charge in [-0.3, -0.25) is 9.59 Å². The van der Waals surface area contributed by atoms with Gasteiger partial charge in [0.15, 0.2) is 5.78 Å². The summed E-state index contributed by atoms with van der Waals surface area (Å²) in [4.78, 5) is 38.3. The summed E-state index contributed by atoms with van der Waals surface area (Å²) in [6.45, 7) is 9.27. The monoisotopic (exact) mass is 390 g/mol. The number of hydrogen-bond donors (Lipinski definition) is 1. The molecule has 0 aromatic carbocycles. The van der Waals surface area contributed by atoms with Crippen LogP contribution in [0.5, 0.6) is 0 Å². The van der Waals surface area contributed by atoms with Gasteiger partial charge in [-0.05, 0) is 57.4 Å². The molecule has 0 bridgehead atoms. The highest BCUT2D eigenvalue weighted by Gasteiger charge is 2.67. The third-order valence-corrected chi connectivity index (χ3v) is 7.24. The quantitative estimate of drug-likeness (QED) is 0.569. The van der Waals surface area contributed by atoms with Crippen LogP contribution in [0.3, 0.4) is 0 Å². The molecule has 0 saturated heterocycles. The molecule has 3 aliphatic rings. The van der Waals surface area contributed by atoms with Gasteiger partial charge < -0.3 is 14.6 Å². The number of carboxylic acids is 1. The van der Waals surface area contributed by atoms with E-state index in [9.17, 15) is 19.5 Å². The minimum absolute atomic E-state index is 0.0880. The second-order valence-electron chi connectivity index (χ2n) is 8.47. The summed E-state index contributed by atoms with van der Waals surface area (Å²) < 4.78 is 11.7. The zero-order chi connectivity index (χ0) is 20.9. The normalized spacial score (nSPS) is 38.0. The maximum atomic E-state index is 13.6. The van der Waals surface area contributed by atoms with Gasteiger partial charge in [-0.25, -0.2) is 4.79 Å². The first-order chi connectivity index (χ1) is 13.1.